The van der Waals surface area contributed by atoms with E-state index >= 15 is 0 Å². The third-order valence-electron chi connectivity index (χ3n) is 3.79. The number of benzene rings is 2. The Morgan fingerprint density at radius 1 is 1.04 bits per heavy atom. The molecule has 0 atom stereocenters. The summed E-state index contributed by atoms with van der Waals surface area (Å²) in [5, 5.41) is 2.61. The van der Waals surface area contributed by atoms with Crippen LogP contribution in [0.1, 0.15) is 22.8 Å². The first-order valence-corrected chi connectivity index (χ1v) is 8.31. The Bertz CT molecular complexity index is 817. The number of carbonyl (C=O) groups is 3. The number of carbonyl (C=O) groups excluding carboxylic acids is 3. The molecule has 7 heteroatoms. The predicted octanol–water partition coefficient (Wildman–Crippen LogP) is 2.47. The number of esters is 1. The van der Waals surface area contributed by atoms with Crippen molar-refractivity contribution in [2.45, 2.75) is 13.5 Å². The highest BCUT2D eigenvalue weighted by molar-refractivity contribution is 5.93. The summed E-state index contributed by atoms with van der Waals surface area (Å²) in [6, 6.07) is 13.6. The molecule has 0 spiro atoms. The number of ether oxygens (including phenoxy) is 2. The van der Waals surface area contributed by atoms with E-state index in [2.05, 4.69) is 5.32 Å². The first-order chi connectivity index (χ1) is 12.9. The number of nitrogens with zero attached hydrogens (tertiary/aromatic N) is 1. The molecule has 1 N–H and O–H groups in total. The Kier molecular flexibility index (Phi) is 6.93. The maximum Gasteiger partial charge on any atom is 0.338 e. The van der Waals surface area contributed by atoms with Crippen molar-refractivity contribution < 1.29 is 23.9 Å². The highest BCUT2D eigenvalue weighted by Gasteiger charge is 2.15. The minimum Gasteiger partial charge on any atom is -0.496 e. The minimum absolute atomic E-state index is 0.200. The summed E-state index contributed by atoms with van der Waals surface area (Å²) in [6.45, 7) is 1.37. The van der Waals surface area contributed by atoms with E-state index in [9.17, 15) is 14.4 Å². The van der Waals surface area contributed by atoms with E-state index in [1.165, 1.54) is 24.0 Å². The predicted molar refractivity (Wildman–Crippen MR) is 100 cm³/mol. The molecule has 0 heterocycles. The largest absolute Gasteiger partial charge is 0.496 e. The second-order valence-corrected chi connectivity index (χ2v) is 5.90. The molecule has 7 nitrogen and oxygen atoms in total. The molecule has 0 aliphatic rings. The van der Waals surface area contributed by atoms with E-state index in [0.717, 1.165) is 5.56 Å². The number of likely N-dealkylation sites (N-methyl/N-ethyl adjacent to an activating group) is 1. The van der Waals surface area contributed by atoms with Crippen LogP contribution in [-0.4, -0.2) is 43.4 Å². The van der Waals surface area contributed by atoms with Crippen molar-refractivity contribution in [1.29, 1.82) is 0 Å². The van der Waals surface area contributed by atoms with Crippen molar-refractivity contribution in [3.05, 3.63) is 59.7 Å². The summed E-state index contributed by atoms with van der Waals surface area (Å²) >= 11 is 0. The van der Waals surface area contributed by atoms with Gasteiger partial charge in [0.1, 0.15) is 5.75 Å². The zero-order valence-electron chi connectivity index (χ0n) is 15.5. The highest BCUT2D eigenvalue weighted by Crippen LogP contribution is 2.18. The van der Waals surface area contributed by atoms with Crippen molar-refractivity contribution in [3.8, 4) is 5.75 Å². The van der Waals surface area contributed by atoms with Crippen LogP contribution >= 0.6 is 0 Å². The van der Waals surface area contributed by atoms with E-state index in [0.29, 0.717) is 23.5 Å². The molecule has 2 aromatic rings. The average Bonchev–Trinajstić information content (AvgIpc) is 2.66. The number of anilines is 1. The number of hydrogen-bond acceptors (Lipinski definition) is 5. The lowest BCUT2D eigenvalue weighted by Gasteiger charge is -2.18. The average molecular weight is 370 g/mol. The van der Waals surface area contributed by atoms with E-state index in [-0.39, 0.29) is 18.4 Å². The fourth-order valence-corrected chi connectivity index (χ4v) is 2.39. The molecule has 0 fully saturated rings. The van der Waals surface area contributed by atoms with Gasteiger partial charge in [-0.25, -0.2) is 4.79 Å². The standard InChI is InChI=1S/C20H22N2O5/c1-14(23)21-17-10-8-15(9-11-17)20(25)27-13-19(24)22(2)12-16-6-4-5-7-18(16)26-3/h4-11H,12-13H2,1-3H3,(H,21,23). The third kappa shape index (κ3) is 5.85. The van der Waals surface area contributed by atoms with Crippen LogP contribution in [0.4, 0.5) is 5.69 Å². The number of hydrogen-bond donors (Lipinski definition) is 1. The molecule has 0 saturated carbocycles. The zero-order chi connectivity index (χ0) is 19.8. The van der Waals surface area contributed by atoms with Gasteiger partial charge >= 0.3 is 5.97 Å². The molecule has 2 amide bonds. The first-order valence-electron chi connectivity index (χ1n) is 8.31. The van der Waals surface area contributed by atoms with Crippen molar-refractivity contribution in [2.24, 2.45) is 0 Å². The minimum atomic E-state index is -0.608. The number of nitrogens with one attached hydrogen (secondary N) is 1. The number of methoxy groups -OCH3 is 1. The molecule has 0 unspecified atom stereocenters. The Morgan fingerprint density at radius 3 is 2.33 bits per heavy atom. The topological polar surface area (TPSA) is 84.9 Å². The fraction of sp³-hybridized carbons (Fsp3) is 0.250. The summed E-state index contributed by atoms with van der Waals surface area (Å²) in [7, 11) is 3.20. The SMILES string of the molecule is COc1ccccc1CN(C)C(=O)COC(=O)c1ccc(NC(C)=O)cc1. The van der Waals surface area contributed by atoms with Crippen LogP contribution in [0, 0.1) is 0 Å². The molecular formula is C20H22N2O5. The lowest BCUT2D eigenvalue weighted by molar-refractivity contribution is -0.133. The highest BCUT2D eigenvalue weighted by atomic mass is 16.5. The third-order valence-corrected chi connectivity index (χ3v) is 3.79. The van der Waals surface area contributed by atoms with Crippen LogP contribution in [0.25, 0.3) is 0 Å². The van der Waals surface area contributed by atoms with Gasteiger partial charge in [0.2, 0.25) is 5.91 Å². The van der Waals surface area contributed by atoms with E-state index in [1.54, 1.807) is 26.3 Å². The number of amides is 2. The molecule has 2 rings (SSSR count). The number of para-hydroxylation sites is 1. The lowest BCUT2D eigenvalue weighted by Crippen LogP contribution is -2.31. The second kappa shape index (κ2) is 9.38. The molecule has 27 heavy (non-hydrogen) atoms. The maximum absolute atomic E-state index is 12.2. The van der Waals surface area contributed by atoms with Gasteiger partial charge in [0.25, 0.3) is 5.91 Å². The Morgan fingerprint density at radius 2 is 1.70 bits per heavy atom. The van der Waals surface area contributed by atoms with E-state index in [1.807, 2.05) is 24.3 Å². The number of rotatable bonds is 7. The quantitative estimate of drug-likeness (QED) is 0.757. The second-order valence-electron chi connectivity index (χ2n) is 5.90. The van der Waals surface area contributed by atoms with Gasteiger partial charge in [0, 0.05) is 31.8 Å². The first kappa shape index (κ1) is 20.0. The Balaban J connectivity index is 1.88. The van der Waals surface area contributed by atoms with Crippen LogP contribution in [-0.2, 0) is 20.9 Å². The molecule has 2 aromatic carbocycles. The van der Waals surface area contributed by atoms with Gasteiger partial charge < -0.3 is 19.7 Å². The van der Waals surface area contributed by atoms with Gasteiger partial charge in [-0.05, 0) is 30.3 Å². The zero-order valence-corrected chi connectivity index (χ0v) is 15.5. The summed E-state index contributed by atoms with van der Waals surface area (Å²) in [5.74, 6) is -0.449. The summed E-state index contributed by atoms with van der Waals surface area (Å²) in [4.78, 5) is 36.7. The fourth-order valence-electron chi connectivity index (χ4n) is 2.39. The monoisotopic (exact) mass is 370 g/mol. The van der Waals surface area contributed by atoms with Gasteiger partial charge in [0.05, 0.1) is 12.7 Å². The van der Waals surface area contributed by atoms with Crippen molar-refractivity contribution in [1.82, 2.24) is 4.90 Å². The van der Waals surface area contributed by atoms with Gasteiger partial charge in [-0.3, -0.25) is 9.59 Å². The summed E-state index contributed by atoms with van der Waals surface area (Å²) in [6.07, 6.45) is 0. The smallest absolute Gasteiger partial charge is 0.338 e. The van der Waals surface area contributed by atoms with Crippen LogP contribution in [0.3, 0.4) is 0 Å². The molecule has 0 aromatic heterocycles. The Labute approximate surface area is 157 Å². The Hall–Kier alpha value is -3.35. The van der Waals surface area contributed by atoms with Gasteiger partial charge in [-0.2, -0.15) is 0 Å². The summed E-state index contributed by atoms with van der Waals surface area (Å²) in [5.41, 5.74) is 1.73. The molecule has 0 bridgehead atoms. The molecule has 0 radical (unpaired) electrons. The van der Waals surface area contributed by atoms with E-state index < -0.39 is 5.97 Å². The van der Waals surface area contributed by atoms with Crippen molar-refractivity contribution in [3.63, 3.8) is 0 Å². The van der Waals surface area contributed by atoms with Gasteiger partial charge in [-0.1, -0.05) is 18.2 Å². The van der Waals surface area contributed by atoms with Gasteiger partial charge in [-0.15, -0.1) is 0 Å². The van der Waals surface area contributed by atoms with Crippen molar-refractivity contribution >= 4 is 23.5 Å². The lowest BCUT2D eigenvalue weighted by atomic mass is 10.2. The van der Waals surface area contributed by atoms with Crippen LogP contribution in [0.2, 0.25) is 0 Å². The summed E-state index contributed by atoms with van der Waals surface area (Å²) < 4.78 is 10.3. The molecule has 0 aliphatic heterocycles. The van der Waals surface area contributed by atoms with Crippen LogP contribution < -0.4 is 10.1 Å². The molecule has 142 valence electrons. The maximum atomic E-state index is 12.2. The van der Waals surface area contributed by atoms with Crippen LogP contribution in [0.15, 0.2) is 48.5 Å². The molecule has 0 saturated heterocycles. The van der Waals surface area contributed by atoms with Crippen molar-refractivity contribution in [2.75, 3.05) is 26.1 Å². The van der Waals surface area contributed by atoms with E-state index in [4.69, 9.17) is 9.47 Å². The molecular weight excluding hydrogens is 348 g/mol. The molecule has 0 aliphatic carbocycles. The van der Waals surface area contributed by atoms with Crippen LogP contribution in [0.5, 0.6) is 5.75 Å². The van der Waals surface area contributed by atoms with Gasteiger partial charge in [0.15, 0.2) is 6.61 Å². The normalized spacial score (nSPS) is 10.0.